The van der Waals surface area contributed by atoms with Gasteiger partial charge < -0.3 is 9.84 Å². The molecule has 2 aromatic rings. The molecule has 3 nitrogen and oxygen atoms in total. The second kappa shape index (κ2) is 9.66. The van der Waals surface area contributed by atoms with Crippen LogP contribution < -0.4 is 0 Å². The number of aliphatic hydroxyl groups excluding tert-OH is 1. The Bertz CT molecular complexity index is 562. The molecule has 0 amide bonds. The number of benzene rings is 2. The lowest BCUT2D eigenvalue weighted by Gasteiger charge is -2.33. The van der Waals surface area contributed by atoms with E-state index in [2.05, 4.69) is 29.2 Å². The molecule has 2 rings (SSSR count). The van der Waals surface area contributed by atoms with Crippen LogP contribution in [0, 0.1) is 0 Å². The summed E-state index contributed by atoms with van der Waals surface area (Å²) in [5.74, 6) is 0. The van der Waals surface area contributed by atoms with Gasteiger partial charge in [0.25, 0.3) is 0 Å². The highest BCUT2D eigenvalue weighted by Gasteiger charge is 2.32. The van der Waals surface area contributed by atoms with Gasteiger partial charge in [-0.25, -0.2) is 4.39 Å². The maximum atomic E-state index is 14.9. The zero-order valence-electron chi connectivity index (χ0n) is 15.1. The maximum Gasteiger partial charge on any atom is 0.141 e. The van der Waals surface area contributed by atoms with Gasteiger partial charge >= 0.3 is 0 Å². The quantitative estimate of drug-likeness (QED) is 0.711. The second-order valence-corrected chi connectivity index (χ2v) is 6.78. The van der Waals surface area contributed by atoms with E-state index < -0.39 is 11.8 Å². The lowest BCUT2D eigenvalue weighted by molar-refractivity contribution is -0.0886. The van der Waals surface area contributed by atoms with Crippen LogP contribution in [0.25, 0.3) is 0 Å². The molecular formula is C21H28FNO2. The van der Waals surface area contributed by atoms with Gasteiger partial charge in [0.15, 0.2) is 0 Å². The van der Waals surface area contributed by atoms with Crippen molar-refractivity contribution in [3.63, 3.8) is 0 Å². The Morgan fingerprint density at radius 1 is 0.960 bits per heavy atom. The molecule has 0 spiro atoms. The number of aliphatic hydroxyl groups is 1. The monoisotopic (exact) mass is 345 g/mol. The number of ether oxygens (including phenoxy) is 1. The summed E-state index contributed by atoms with van der Waals surface area (Å²) in [5, 5.41) is 8.93. The average Bonchev–Trinajstić information content (AvgIpc) is 2.61. The molecule has 2 aromatic carbocycles. The Morgan fingerprint density at radius 3 is 1.88 bits per heavy atom. The normalized spacial score (nSPS) is 13.2. The molecule has 0 aromatic heterocycles. The molecule has 0 bridgehead atoms. The molecule has 136 valence electrons. The van der Waals surface area contributed by atoms with E-state index in [1.807, 2.05) is 36.4 Å². The van der Waals surface area contributed by atoms with Gasteiger partial charge in [0.1, 0.15) is 6.17 Å². The molecule has 0 radical (unpaired) electrons. The van der Waals surface area contributed by atoms with Crippen molar-refractivity contribution in [1.82, 2.24) is 4.90 Å². The van der Waals surface area contributed by atoms with E-state index in [1.165, 1.54) is 0 Å². The number of hydrogen-bond acceptors (Lipinski definition) is 3. The fourth-order valence-electron chi connectivity index (χ4n) is 2.71. The highest BCUT2D eigenvalue weighted by molar-refractivity contribution is 5.17. The minimum absolute atomic E-state index is 0.103. The Labute approximate surface area is 150 Å². The predicted octanol–water partition coefficient (Wildman–Crippen LogP) is 3.81. The molecule has 0 aliphatic rings. The second-order valence-electron chi connectivity index (χ2n) is 6.78. The molecule has 25 heavy (non-hydrogen) atoms. The molecular weight excluding hydrogens is 317 g/mol. The Balaban J connectivity index is 2.07. The lowest BCUT2D eigenvalue weighted by atomic mass is 10.0. The van der Waals surface area contributed by atoms with Gasteiger partial charge in [-0.1, -0.05) is 60.7 Å². The zero-order chi connectivity index (χ0) is 18.1. The fraction of sp³-hybridized carbons (Fsp3) is 0.429. The summed E-state index contributed by atoms with van der Waals surface area (Å²) >= 11 is 0. The van der Waals surface area contributed by atoms with Crippen molar-refractivity contribution >= 4 is 0 Å². The Morgan fingerprint density at radius 2 is 1.44 bits per heavy atom. The fourth-order valence-corrected chi connectivity index (χ4v) is 2.71. The predicted molar refractivity (Wildman–Crippen MR) is 99.0 cm³/mol. The summed E-state index contributed by atoms with van der Waals surface area (Å²) in [6.07, 6.45) is -1.16. The highest BCUT2D eigenvalue weighted by Crippen LogP contribution is 2.21. The van der Waals surface area contributed by atoms with Crippen molar-refractivity contribution in [1.29, 1.82) is 0 Å². The van der Waals surface area contributed by atoms with Gasteiger partial charge in [-0.2, -0.15) is 0 Å². The van der Waals surface area contributed by atoms with Gasteiger partial charge in [-0.15, -0.1) is 0 Å². The molecule has 1 atom stereocenters. The molecule has 1 N–H and O–H groups in total. The third kappa shape index (κ3) is 6.58. The summed E-state index contributed by atoms with van der Waals surface area (Å²) in [6, 6.07) is 20.2. The van der Waals surface area contributed by atoms with E-state index in [0.717, 1.165) is 11.1 Å². The summed E-state index contributed by atoms with van der Waals surface area (Å²) in [7, 11) is 0. The van der Waals surface area contributed by atoms with Gasteiger partial charge in [0.05, 0.1) is 18.8 Å². The van der Waals surface area contributed by atoms with Crippen molar-refractivity contribution in [3.8, 4) is 0 Å². The maximum absolute atomic E-state index is 14.9. The SMILES string of the molecule is CC(C)(OCCO)C(F)CN(Cc1ccccc1)Cc1ccccc1. The summed E-state index contributed by atoms with van der Waals surface area (Å²) in [6.45, 7) is 5.12. The smallest absolute Gasteiger partial charge is 0.141 e. The summed E-state index contributed by atoms with van der Waals surface area (Å²) < 4.78 is 20.4. The number of nitrogens with zero attached hydrogens (tertiary/aromatic N) is 1. The summed E-state index contributed by atoms with van der Waals surface area (Å²) in [5.41, 5.74) is 1.37. The van der Waals surface area contributed by atoms with E-state index in [4.69, 9.17) is 9.84 Å². The zero-order valence-corrected chi connectivity index (χ0v) is 15.1. The van der Waals surface area contributed by atoms with Gasteiger partial charge in [0, 0.05) is 19.6 Å². The van der Waals surface area contributed by atoms with Crippen LogP contribution in [0.4, 0.5) is 4.39 Å². The first-order chi connectivity index (χ1) is 12.0. The van der Waals surface area contributed by atoms with Crippen LogP contribution in [0.5, 0.6) is 0 Å². The van der Waals surface area contributed by atoms with E-state index in [0.29, 0.717) is 13.1 Å². The van der Waals surface area contributed by atoms with Gasteiger partial charge in [0.2, 0.25) is 0 Å². The van der Waals surface area contributed by atoms with Crippen molar-refractivity contribution in [2.75, 3.05) is 19.8 Å². The molecule has 0 aliphatic heterocycles. The van der Waals surface area contributed by atoms with E-state index in [9.17, 15) is 4.39 Å². The first kappa shape index (κ1) is 19.6. The third-order valence-corrected chi connectivity index (χ3v) is 4.24. The van der Waals surface area contributed by atoms with Crippen LogP contribution >= 0.6 is 0 Å². The van der Waals surface area contributed by atoms with Gasteiger partial charge in [-0.3, -0.25) is 4.90 Å². The first-order valence-corrected chi connectivity index (χ1v) is 8.70. The molecule has 0 saturated carbocycles. The van der Waals surface area contributed by atoms with Crippen LogP contribution in [-0.4, -0.2) is 41.5 Å². The average molecular weight is 345 g/mol. The number of alkyl halides is 1. The molecule has 0 aliphatic carbocycles. The van der Waals surface area contributed by atoms with Crippen LogP contribution in [-0.2, 0) is 17.8 Å². The standard InChI is InChI=1S/C21H28FNO2/c1-21(2,25-14-13-24)20(22)17-23(15-18-9-5-3-6-10-18)16-19-11-7-4-8-12-19/h3-12,20,24H,13-17H2,1-2H3. The largest absolute Gasteiger partial charge is 0.394 e. The van der Waals surface area contributed by atoms with Crippen molar-refractivity contribution < 1.29 is 14.2 Å². The van der Waals surface area contributed by atoms with Crippen molar-refractivity contribution in [2.45, 2.75) is 38.7 Å². The van der Waals surface area contributed by atoms with Crippen LogP contribution in [0.15, 0.2) is 60.7 Å². The van der Waals surface area contributed by atoms with Crippen molar-refractivity contribution in [3.05, 3.63) is 71.8 Å². The van der Waals surface area contributed by atoms with Crippen LogP contribution in [0.3, 0.4) is 0 Å². The minimum Gasteiger partial charge on any atom is -0.394 e. The van der Waals surface area contributed by atoms with Crippen molar-refractivity contribution in [2.24, 2.45) is 0 Å². The first-order valence-electron chi connectivity index (χ1n) is 8.70. The molecule has 0 heterocycles. The van der Waals surface area contributed by atoms with Gasteiger partial charge in [-0.05, 0) is 25.0 Å². The molecule has 0 saturated heterocycles. The third-order valence-electron chi connectivity index (χ3n) is 4.24. The van der Waals surface area contributed by atoms with Crippen LogP contribution in [0.2, 0.25) is 0 Å². The highest BCUT2D eigenvalue weighted by atomic mass is 19.1. The Kier molecular flexibility index (Phi) is 7.56. The van der Waals surface area contributed by atoms with E-state index >= 15 is 0 Å². The minimum atomic E-state index is -1.16. The number of halogens is 1. The van der Waals surface area contributed by atoms with Crippen LogP contribution in [0.1, 0.15) is 25.0 Å². The number of rotatable bonds is 10. The Hall–Kier alpha value is -1.75. The topological polar surface area (TPSA) is 32.7 Å². The summed E-state index contributed by atoms with van der Waals surface area (Å²) in [4.78, 5) is 2.10. The van der Waals surface area contributed by atoms with E-state index in [1.54, 1.807) is 13.8 Å². The number of hydrogen-bond donors (Lipinski definition) is 1. The molecule has 1 unspecified atom stereocenters. The molecule has 0 fully saturated rings. The van der Waals surface area contributed by atoms with E-state index in [-0.39, 0.29) is 19.8 Å². The molecule has 4 heteroatoms. The lowest BCUT2D eigenvalue weighted by Crippen LogP contribution is -2.44.